The van der Waals surface area contributed by atoms with E-state index in [1.54, 1.807) is 19.1 Å². The van der Waals surface area contributed by atoms with E-state index in [0.29, 0.717) is 42.5 Å². The number of phenolic OH excluding ortho intramolecular Hbond substituents is 1. The van der Waals surface area contributed by atoms with E-state index in [9.17, 15) is 24.3 Å². The minimum atomic E-state index is -1.37. The van der Waals surface area contributed by atoms with Crippen molar-refractivity contribution in [3.05, 3.63) is 107 Å². The van der Waals surface area contributed by atoms with E-state index >= 15 is 4.79 Å². The lowest BCUT2D eigenvalue weighted by molar-refractivity contribution is -0.141. The molecule has 2 aliphatic heterocycles. The minimum absolute atomic E-state index is 0.0354. The smallest absolute Gasteiger partial charge is 0.303 e. The molecule has 1 saturated carbocycles. The molecule has 0 bridgehead atoms. The summed E-state index contributed by atoms with van der Waals surface area (Å²) < 4.78 is 0. The Morgan fingerprint density at radius 2 is 1.62 bits per heavy atom. The van der Waals surface area contributed by atoms with Gasteiger partial charge < -0.3 is 10.2 Å². The number of rotatable bonds is 10. The number of aliphatic carboxylic acids is 1. The van der Waals surface area contributed by atoms with Gasteiger partial charge in [0.2, 0.25) is 11.8 Å². The number of anilines is 1. The van der Waals surface area contributed by atoms with Crippen molar-refractivity contribution in [2.45, 2.75) is 63.7 Å². The molecule has 3 aromatic carbocycles. The number of aromatic hydroxyl groups is 1. The summed E-state index contributed by atoms with van der Waals surface area (Å²) in [6.07, 6.45) is 4.15. The van der Waals surface area contributed by atoms with Crippen LogP contribution in [0, 0.1) is 37.5 Å². The maximum atomic E-state index is 15.2. The van der Waals surface area contributed by atoms with E-state index in [1.165, 1.54) is 4.90 Å². The fourth-order valence-electron chi connectivity index (χ4n) is 8.99. The first kappa shape index (κ1) is 33.3. The highest BCUT2D eigenvalue weighted by Gasteiger charge is 2.70. The summed E-state index contributed by atoms with van der Waals surface area (Å²) in [7, 11) is 0. The molecule has 0 spiro atoms. The van der Waals surface area contributed by atoms with E-state index < -0.39 is 52.8 Å². The highest BCUT2D eigenvalue weighted by Crippen LogP contribution is 2.64. The van der Waals surface area contributed by atoms with E-state index in [1.807, 2.05) is 73.7 Å². The summed E-state index contributed by atoms with van der Waals surface area (Å²) in [5.41, 5.74) is 6.26. The second-order valence-corrected chi connectivity index (χ2v) is 14.2. The number of allylic oxidation sites excluding steroid dienone is 2. The zero-order chi connectivity index (χ0) is 35.3. The predicted octanol–water partition coefficient (Wildman–Crippen LogP) is 5.64. The molecule has 6 atom stereocenters. The minimum Gasteiger partial charge on any atom is -0.508 e. The average Bonchev–Trinajstić information content (AvgIpc) is 3.47. The van der Waals surface area contributed by atoms with Crippen LogP contribution in [-0.2, 0) is 29.4 Å². The predicted molar refractivity (Wildman–Crippen MR) is 184 cm³/mol. The highest BCUT2D eigenvalue weighted by molar-refractivity contribution is 6.13. The molecular weight excluding hydrogens is 634 g/mol. The Hall–Kier alpha value is -5.25. The molecule has 3 fully saturated rings. The van der Waals surface area contributed by atoms with Crippen molar-refractivity contribution in [3.63, 3.8) is 0 Å². The number of carboxylic acids is 1. The van der Waals surface area contributed by atoms with Gasteiger partial charge in [-0.25, -0.2) is 0 Å². The molecule has 2 heterocycles. The number of aryl methyl sites for hydroxylation is 2. The van der Waals surface area contributed by atoms with Crippen LogP contribution < -0.4 is 5.43 Å². The van der Waals surface area contributed by atoms with Gasteiger partial charge in [0.05, 0.1) is 28.9 Å². The molecule has 50 heavy (non-hydrogen) atoms. The van der Waals surface area contributed by atoms with Crippen molar-refractivity contribution in [2.75, 3.05) is 12.0 Å². The first-order valence-electron chi connectivity index (χ1n) is 17.4. The van der Waals surface area contributed by atoms with Crippen LogP contribution in [0.5, 0.6) is 5.75 Å². The van der Waals surface area contributed by atoms with Gasteiger partial charge in [-0.3, -0.25) is 34.3 Å². The molecule has 7 rings (SSSR count). The number of phenols is 1. The number of hydrazine groups is 1. The first-order chi connectivity index (χ1) is 24.0. The Bertz CT molecular complexity index is 1910. The zero-order valence-electron chi connectivity index (χ0n) is 28.2. The fraction of sp³-hybridized carbons (Fsp3) is 0.375. The van der Waals surface area contributed by atoms with Crippen LogP contribution in [0.1, 0.15) is 66.7 Å². The summed E-state index contributed by atoms with van der Waals surface area (Å²) in [6.45, 7) is 3.96. The Morgan fingerprint density at radius 3 is 2.32 bits per heavy atom. The van der Waals surface area contributed by atoms with Gasteiger partial charge in [-0.15, -0.1) is 0 Å². The second kappa shape index (κ2) is 12.9. The maximum Gasteiger partial charge on any atom is 0.303 e. The molecule has 0 radical (unpaired) electrons. The lowest BCUT2D eigenvalue weighted by Crippen LogP contribution is -2.53. The molecule has 0 aromatic heterocycles. The van der Waals surface area contributed by atoms with E-state index in [2.05, 4.69) is 5.43 Å². The number of hydrogen-bond donors (Lipinski definition) is 3. The molecule has 3 aromatic rings. The number of benzene rings is 3. The largest absolute Gasteiger partial charge is 0.508 e. The first-order valence-corrected chi connectivity index (χ1v) is 17.4. The monoisotopic (exact) mass is 675 g/mol. The Morgan fingerprint density at radius 1 is 0.880 bits per heavy atom. The highest BCUT2D eigenvalue weighted by atomic mass is 16.4. The number of hydrogen-bond acceptors (Lipinski definition) is 7. The molecule has 2 aliphatic carbocycles. The number of nitrogens with zero attached hydrogens (tertiary/aromatic N) is 2. The summed E-state index contributed by atoms with van der Waals surface area (Å²) in [5.74, 6) is -5.31. The molecule has 4 aliphatic rings. The van der Waals surface area contributed by atoms with E-state index in [0.717, 1.165) is 21.7 Å². The zero-order valence-corrected chi connectivity index (χ0v) is 28.2. The number of likely N-dealkylation sites (tertiary alicyclic amines) is 1. The van der Waals surface area contributed by atoms with Gasteiger partial charge in [0.15, 0.2) is 0 Å². The van der Waals surface area contributed by atoms with Crippen LogP contribution in [-0.4, -0.2) is 56.3 Å². The Kier molecular flexibility index (Phi) is 8.58. The van der Waals surface area contributed by atoms with Gasteiger partial charge in [-0.05, 0) is 80.3 Å². The molecular formula is C40H41N3O7. The van der Waals surface area contributed by atoms with Crippen molar-refractivity contribution >= 4 is 35.3 Å². The van der Waals surface area contributed by atoms with Crippen molar-refractivity contribution in [2.24, 2.45) is 23.7 Å². The lowest BCUT2D eigenvalue weighted by atomic mass is 9.49. The third kappa shape index (κ3) is 5.28. The molecule has 2 saturated heterocycles. The van der Waals surface area contributed by atoms with Crippen LogP contribution in [0.4, 0.5) is 5.69 Å². The summed E-state index contributed by atoms with van der Waals surface area (Å²) >= 11 is 0. The molecule has 10 heteroatoms. The standard InChI is InChI=1S/C40H41N3O7/c1-23-12-15-27(16-13-23)41-43-37(48)31-22-30-28(17-18-29-34(30)38(49)42(36(29)47)20-8-4-7-11-33(45)46)35(25-14-19-32(44)24(2)21-25)40(31,39(43)50)26-9-5-3-6-10-26/h3,5-6,9-10,12-17,19,21,29-31,34-35,41,44H,4,7-8,11,18,20,22H2,1-2H3,(H,45,46)/t29-,30+,31-,34-,35-,40+/m0/s1. The van der Waals surface area contributed by atoms with Gasteiger partial charge >= 0.3 is 5.97 Å². The SMILES string of the molecule is Cc1ccc(NN2C(=O)[C@@H]3C[C@@H]4C(=CC[C@@H]5C(=O)N(CCCCCC(=O)O)C(=O)[C@@H]54)[C@H](c4ccc(O)c(C)c4)[C@]3(c3ccccc3)C2=O)cc1. The third-order valence-electron chi connectivity index (χ3n) is 11.3. The quantitative estimate of drug-likeness (QED) is 0.142. The van der Waals surface area contributed by atoms with E-state index in [4.69, 9.17) is 5.11 Å². The topological polar surface area (TPSA) is 144 Å². The summed E-state index contributed by atoms with van der Waals surface area (Å²) in [6, 6.07) is 22.1. The third-order valence-corrected chi connectivity index (χ3v) is 11.3. The summed E-state index contributed by atoms with van der Waals surface area (Å²) in [5, 5.41) is 20.7. The van der Waals surface area contributed by atoms with Gasteiger partial charge in [-0.2, -0.15) is 5.01 Å². The fourth-order valence-corrected chi connectivity index (χ4v) is 8.99. The normalized spacial score (nSPS) is 27.2. The van der Waals surface area contributed by atoms with Crippen LogP contribution in [0.2, 0.25) is 0 Å². The average molecular weight is 676 g/mol. The van der Waals surface area contributed by atoms with Gasteiger partial charge in [0.25, 0.3) is 11.8 Å². The molecule has 3 N–H and O–H groups in total. The van der Waals surface area contributed by atoms with Crippen LogP contribution in [0.15, 0.2) is 84.4 Å². The van der Waals surface area contributed by atoms with Crippen molar-refractivity contribution in [1.29, 1.82) is 0 Å². The lowest BCUT2D eigenvalue weighted by Gasteiger charge is -2.50. The number of unbranched alkanes of at least 4 members (excludes halogenated alkanes) is 2. The van der Waals surface area contributed by atoms with Crippen LogP contribution >= 0.6 is 0 Å². The summed E-state index contributed by atoms with van der Waals surface area (Å²) in [4.78, 5) is 70.1. The molecule has 10 nitrogen and oxygen atoms in total. The number of carbonyl (C=O) groups is 5. The molecule has 0 unspecified atom stereocenters. The van der Waals surface area contributed by atoms with Crippen molar-refractivity contribution < 1.29 is 34.2 Å². The van der Waals surface area contributed by atoms with Crippen molar-refractivity contribution in [3.8, 4) is 5.75 Å². The van der Waals surface area contributed by atoms with E-state index in [-0.39, 0.29) is 37.0 Å². The van der Waals surface area contributed by atoms with Gasteiger partial charge in [0.1, 0.15) is 5.75 Å². The molecule has 258 valence electrons. The molecule has 4 amide bonds. The Balaban J connectivity index is 1.33. The number of carbonyl (C=O) groups excluding carboxylic acids is 4. The number of nitrogens with one attached hydrogen (secondary N) is 1. The number of amides is 4. The van der Waals surface area contributed by atoms with Gasteiger partial charge in [0, 0.05) is 18.9 Å². The second-order valence-electron chi connectivity index (χ2n) is 14.2. The number of imide groups is 2. The van der Waals surface area contributed by atoms with Crippen molar-refractivity contribution in [1.82, 2.24) is 9.91 Å². The number of carboxylic acid groups (broad SMARTS) is 1. The Labute approximate surface area is 290 Å². The maximum absolute atomic E-state index is 15.2. The van der Waals surface area contributed by atoms with Gasteiger partial charge in [-0.1, -0.05) is 78.2 Å². The van der Waals surface area contributed by atoms with Crippen LogP contribution in [0.3, 0.4) is 0 Å². The number of fused-ring (bicyclic) bond motifs is 4. The van der Waals surface area contributed by atoms with Crippen LogP contribution in [0.25, 0.3) is 0 Å².